The molecule has 102 valence electrons. The molecule has 0 aromatic rings. The number of rotatable bonds is 10. The molecule has 1 amide bonds. The molecule has 0 aliphatic rings. The Balaban J connectivity index is 4.13. The summed E-state index contributed by atoms with van der Waals surface area (Å²) < 4.78 is 0. The van der Waals surface area contributed by atoms with Gasteiger partial charge in [-0.25, -0.2) is 0 Å². The summed E-state index contributed by atoms with van der Waals surface area (Å²) in [5.74, 6) is 0.292. The van der Waals surface area contributed by atoms with Crippen LogP contribution >= 0.6 is 0 Å². The van der Waals surface area contributed by atoms with Crippen LogP contribution in [0.15, 0.2) is 0 Å². The van der Waals surface area contributed by atoms with Gasteiger partial charge in [0.25, 0.3) is 0 Å². The van der Waals surface area contributed by atoms with Crippen LogP contribution in [0.25, 0.3) is 0 Å². The molecule has 0 fully saturated rings. The molecule has 0 atom stereocenters. The molecule has 0 heterocycles. The van der Waals surface area contributed by atoms with E-state index in [1.807, 2.05) is 4.90 Å². The van der Waals surface area contributed by atoms with Crippen molar-refractivity contribution >= 4 is 5.91 Å². The molecule has 17 heavy (non-hydrogen) atoms. The van der Waals surface area contributed by atoms with E-state index in [2.05, 4.69) is 20.8 Å². The summed E-state index contributed by atoms with van der Waals surface area (Å²) >= 11 is 0. The third-order valence-corrected chi connectivity index (χ3v) is 3.32. The Morgan fingerprint density at radius 3 is 2.24 bits per heavy atom. The van der Waals surface area contributed by atoms with Crippen molar-refractivity contribution < 1.29 is 4.79 Å². The van der Waals surface area contributed by atoms with E-state index in [4.69, 9.17) is 5.73 Å². The minimum atomic E-state index is 0.292. The molecular weight excluding hydrogens is 212 g/mol. The zero-order valence-electron chi connectivity index (χ0n) is 11.9. The van der Waals surface area contributed by atoms with Crippen molar-refractivity contribution in [3.05, 3.63) is 0 Å². The Hall–Kier alpha value is -0.570. The maximum absolute atomic E-state index is 12.1. The van der Waals surface area contributed by atoms with Gasteiger partial charge in [0.2, 0.25) is 5.91 Å². The average molecular weight is 242 g/mol. The first-order valence-corrected chi connectivity index (χ1v) is 7.20. The fourth-order valence-corrected chi connectivity index (χ4v) is 2.23. The number of hydrogen-bond acceptors (Lipinski definition) is 2. The van der Waals surface area contributed by atoms with Gasteiger partial charge in [0.15, 0.2) is 0 Å². The van der Waals surface area contributed by atoms with Crippen LogP contribution in [0, 0.1) is 0 Å². The lowest BCUT2D eigenvalue weighted by atomic mass is 10.1. The van der Waals surface area contributed by atoms with Gasteiger partial charge in [0, 0.05) is 25.6 Å². The molecule has 0 aromatic heterocycles. The minimum Gasteiger partial charge on any atom is -0.338 e. The first kappa shape index (κ1) is 16.4. The molecule has 0 aromatic carbocycles. The van der Waals surface area contributed by atoms with E-state index in [0.29, 0.717) is 31.5 Å². The number of nitrogens with zero attached hydrogens (tertiary/aromatic N) is 1. The van der Waals surface area contributed by atoms with E-state index in [-0.39, 0.29) is 0 Å². The van der Waals surface area contributed by atoms with Crippen LogP contribution in [0.1, 0.15) is 65.7 Å². The predicted molar refractivity (Wildman–Crippen MR) is 73.9 cm³/mol. The van der Waals surface area contributed by atoms with Crippen molar-refractivity contribution in [2.75, 3.05) is 13.1 Å². The molecule has 0 spiro atoms. The molecule has 0 bridgehead atoms. The van der Waals surface area contributed by atoms with Gasteiger partial charge < -0.3 is 10.6 Å². The summed E-state index contributed by atoms with van der Waals surface area (Å²) in [4.78, 5) is 14.1. The summed E-state index contributed by atoms with van der Waals surface area (Å²) in [6, 6.07) is 0.372. The van der Waals surface area contributed by atoms with Gasteiger partial charge in [-0.1, -0.05) is 40.0 Å². The van der Waals surface area contributed by atoms with Gasteiger partial charge in [-0.15, -0.1) is 0 Å². The fraction of sp³-hybridized carbons (Fsp3) is 0.929. The molecule has 0 aliphatic carbocycles. The number of nitrogens with two attached hydrogens (primary N) is 1. The summed E-state index contributed by atoms with van der Waals surface area (Å²) in [7, 11) is 0. The number of hydrogen-bond donors (Lipinski definition) is 1. The number of amides is 1. The van der Waals surface area contributed by atoms with Crippen LogP contribution in [0.3, 0.4) is 0 Å². The molecule has 0 radical (unpaired) electrons. The Morgan fingerprint density at radius 1 is 1.12 bits per heavy atom. The van der Waals surface area contributed by atoms with Crippen LogP contribution < -0.4 is 5.73 Å². The van der Waals surface area contributed by atoms with Gasteiger partial charge >= 0.3 is 0 Å². The zero-order chi connectivity index (χ0) is 13.1. The highest BCUT2D eigenvalue weighted by molar-refractivity contribution is 5.76. The normalized spacial score (nSPS) is 10.9. The zero-order valence-corrected chi connectivity index (χ0v) is 11.9. The third-order valence-electron chi connectivity index (χ3n) is 3.32. The topological polar surface area (TPSA) is 46.3 Å². The second-order valence-electron chi connectivity index (χ2n) is 4.66. The average Bonchev–Trinajstić information content (AvgIpc) is 2.34. The van der Waals surface area contributed by atoms with Crippen molar-refractivity contribution in [2.24, 2.45) is 5.73 Å². The SMILES string of the molecule is CCCCCCC(=O)N(CCN)C(CC)CC. The minimum absolute atomic E-state index is 0.292. The Labute approximate surface area is 107 Å². The van der Waals surface area contributed by atoms with E-state index < -0.39 is 0 Å². The molecule has 0 saturated carbocycles. The second kappa shape index (κ2) is 10.6. The Morgan fingerprint density at radius 2 is 1.76 bits per heavy atom. The Bertz CT molecular complexity index is 191. The predicted octanol–water partition coefficient (Wildman–Crippen LogP) is 2.93. The molecule has 3 heteroatoms. The highest BCUT2D eigenvalue weighted by Gasteiger charge is 2.19. The lowest BCUT2D eigenvalue weighted by Crippen LogP contribution is -2.42. The maximum Gasteiger partial charge on any atom is 0.222 e. The van der Waals surface area contributed by atoms with Gasteiger partial charge in [0.1, 0.15) is 0 Å². The van der Waals surface area contributed by atoms with Gasteiger partial charge in [-0.2, -0.15) is 0 Å². The number of unbranched alkanes of at least 4 members (excludes halogenated alkanes) is 3. The van der Waals surface area contributed by atoms with Crippen molar-refractivity contribution in [1.82, 2.24) is 4.90 Å². The van der Waals surface area contributed by atoms with E-state index in [9.17, 15) is 4.79 Å². The molecule has 0 aliphatic heterocycles. The van der Waals surface area contributed by atoms with Crippen molar-refractivity contribution in [2.45, 2.75) is 71.8 Å². The van der Waals surface area contributed by atoms with Gasteiger partial charge in [-0.3, -0.25) is 4.79 Å². The monoisotopic (exact) mass is 242 g/mol. The van der Waals surface area contributed by atoms with Crippen LogP contribution in [0.4, 0.5) is 0 Å². The first-order chi connectivity index (χ1) is 8.21. The second-order valence-corrected chi connectivity index (χ2v) is 4.66. The summed E-state index contributed by atoms with van der Waals surface area (Å²) in [6.45, 7) is 7.74. The third kappa shape index (κ3) is 6.67. The van der Waals surface area contributed by atoms with E-state index in [0.717, 1.165) is 19.3 Å². The highest BCUT2D eigenvalue weighted by atomic mass is 16.2. The van der Waals surface area contributed by atoms with Gasteiger partial charge in [0.05, 0.1) is 0 Å². The highest BCUT2D eigenvalue weighted by Crippen LogP contribution is 2.12. The fourth-order valence-electron chi connectivity index (χ4n) is 2.23. The smallest absolute Gasteiger partial charge is 0.222 e. The number of carbonyl (C=O) groups is 1. The Kier molecular flexibility index (Phi) is 10.2. The summed E-state index contributed by atoms with van der Waals surface area (Å²) in [6.07, 6.45) is 7.38. The molecule has 0 saturated heterocycles. The molecule has 0 unspecified atom stereocenters. The van der Waals surface area contributed by atoms with Crippen molar-refractivity contribution in [3.8, 4) is 0 Å². The number of carbonyl (C=O) groups excluding carboxylic acids is 1. The van der Waals surface area contributed by atoms with Crippen LogP contribution in [0.2, 0.25) is 0 Å². The molecule has 3 nitrogen and oxygen atoms in total. The first-order valence-electron chi connectivity index (χ1n) is 7.20. The van der Waals surface area contributed by atoms with E-state index in [1.165, 1.54) is 19.3 Å². The molecular formula is C14H30N2O. The van der Waals surface area contributed by atoms with Gasteiger partial charge in [-0.05, 0) is 19.3 Å². The maximum atomic E-state index is 12.1. The van der Waals surface area contributed by atoms with Crippen molar-refractivity contribution in [3.63, 3.8) is 0 Å². The van der Waals surface area contributed by atoms with E-state index in [1.54, 1.807) is 0 Å². The van der Waals surface area contributed by atoms with E-state index >= 15 is 0 Å². The standard InChI is InChI=1S/C14H30N2O/c1-4-7-8-9-10-14(17)16(12-11-15)13(5-2)6-3/h13H,4-12,15H2,1-3H3. The quantitative estimate of drug-likeness (QED) is 0.599. The molecule has 2 N–H and O–H groups in total. The summed E-state index contributed by atoms with van der Waals surface area (Å²) in [5.41, 5.74) is 5.60. The summed E-state index contributed by atoms with van der Waals surface area (Å²) in [5, 5.41) is 0. The molecule has 0 rings (SSSR count). The van der Waals surface area contributed by atoms with Crippen LogP contribution in [-0.4, -0.2) is 29.9 Å². The van der Waals surface area contributed by atoms with Crippen LogP contribution in [-0.2, 0) is 4.79 Å². The van der Waals surface area contributed by atoms with Crippen molar-refractivity contribution in [1.29, 1.82) is 0 Å². The largest absolute Gasteiger partial charge is 0.338 e. The lowest BCUT2D eigenvalue weighted by molar-refractivity contribution is -0.133. The lowest BCUT2D eigenvalue weighted by Gasteiger charge is -2.30. The van der Waals surface area contributed by atoms with Crippen LogP contribution in [0.5, 0.6) is 0 Å².